The Morgan fingerprint density at radius 1 is 0.875 bits per heavy atom. The minimum Gasteiger partial charge on any atom is -0.497 e. The van der Waals surface area contributed by atoms with Gasteiger partial charge in [-0.15, -0.1) is 0 Å². The average molecular weight is 461 g/mol. The molecule has 0 spiro atoms. The summed E-state index contributed by atoms with van der Waals surface area (Å²) in [6, 6.07) is 26.5. The largest absolute Gasteiger partial charge is 0.497 e. The minimum atomic E-state index is 0.0789. The first kappa shape index (κ1) is 20.9. The maximum absolute atomic E-state index is 6.51. The molecule has 1 atom stereocenters. The van der Waals surface area contributed by atoms with Gasteiger partial charge in [-0.1, -0.05) is 72.6 Å². The van der Waals surface area contributed by atoms with Gasteiger partial charge in [0, 0.05) is 21.5 Å². The highest BCUT2D eigenvalue weighted by atomic mass is 35.5. The number of rotatable bonds is 5. The van der Waals surface area contributed by atoms with Gasteiger partial charge in [0.15, 0.2) is 0 Å². The molecule has 1 aromatic heterocycles. The molecule has 0 N–H and O–H groups in total. The van der Waals surface area contributed by atoms with Gasteiger partial charge in [-0.3, -0.25) is 0 Å². The molecule has 5 aromatic rings. The Morgan fingerprint density at radius 2 is 1.59 bits per heavy atom. The quantitative estimate of drug-likeness (QED) is 0.268. The molecule has 0 bridgehead atoms. The van der Waals surface area contributed by atoms with E-state index in [0.29, 0.717) is 16.6 Å². The van der Waals surface area contributed by atoms with Gasteiger partial charge in [0.05, 0.1) is 24.7 Å². The molecule has 160 valence electrons. The monoisotopic (exact) mass is 460 g/mol. The normalized spacial score (nSPS) is 12.4. The van der Waals surface area contributed by atoms with Gasteiger partial charge in [-0.2, -0.15) is 0 Å². The number of fused-ring (bicyclic) bond motifs is 2. The lowest BCUT2D eigenvalue weighted by Crippen LogP contribution is -2.10. The van der Waals surface area contributed by atoms with Crippen molar-refractivity contribution in [3.63, 3.8) is 0 Å². The fourth-order valence-corrected chi connectivity index (χ4v) is 4.74. The Balaban J connectivity index is 1.62. The number of halogens is 2. The summed E-state index contributed by atoms with van der Waals surface area (Å²) in [5.74, 6) is 1.92. The number of ether oxygens (including phenoxy) is 1. The number of imidazole rings is 1. The van der Waals surface area contributed by atoms with Gasteiger partial charge in [0.1, 0.15) is 11.6 Å². The number of nitrogens with zero attached hydrogens (tertiary/aromatic N) is 2. The van der Waals surface area contributed by atoms with Crippen molar-refractivity contribution in [3.05, 3.63) is 106 Å². The lowest BCUT2D eigenvalue weighted by Gasteiger charge is -2.17. The second-order valence-corrected chi connectivity index (χ2v) is 8.75. The minimum absolute atomic E-state index is 0.0789. The van der Waals surface area contributed by atoms with E-state index in [0.717, 1.165) is 33.6 Å². The molecule has 3 nitrogen and oxygen atoms in total. The number of methoxy groups -OCH3 is 1. The van der Waals surface area contributed by atoms with E-state index in [1.54, 1.807) is 7.11 Å². The molecule has 32 heavy (non-hydrogen) atoms. The summed E-state index contributed by atoms with van der Waals surface area (Å²) >= 11 is 13.0. The van der Waals surface area contributed by atoms with Gasteiger partial charge in [-0.05, 0) is 52.7 Å². The summed E-state index contributed by atoms with van der Waals surface area (Å²) in [6.07, 6.45) is 0. The van der Waals surface area contributed by atoms with Crippen LogP contribution in [-0.2, 0) is 6.54 Å². The summed E-state index contributed by atoms with van der Waals surface area (Å²) in [5, 5.41) is 3.64. The lowest BCUT2D eigenvalue weighted by molar-refractivity contribution is 0.415. The van der Waals surface area contributed by atoms with E-state index in [1.165, 1.54) is 10.9 Å². The van der Waals surface area contributed by atoms with Crippen molar-refractivity contribution >= 4 is 45.0 Å². The summed E-state index contributed by atoms with van der Waals surface area (Å²) in [4.78, 5) is 5.01. The van der Waals surface area contributed by atoms with Gasteiger partial charge in [-0.25, -0.2) is 4.98 Å². The van der Waals surface area contributed by atoms with Crippen molar-refractivity contribution in [1.82, 2.24) is 9.55 Å². The smallest absolute Gasteiger partial charge is 0.119 e. The summed E-state index contributed by atoms with van der Waals surface area (Å²) in [6.45, 7) is 2.75. The van der Waals surface area contributed by atoms with Crippen molar-refractivity contribution in [3.8, 4) is 5.75 Å². The van der Waals surface area contributed by atoms with E-state index >= 15 is 0 Å². The van der Waals surface area contributed by atoms with Crippen LogP contribution in [0.2, 0.25) is 10.0 Å². The van der Waals surface area contributed by atoms with Crippen molar-refractivity contribution < 1.29 is 4.74 Å². The van der Waals surface area contributed by atoms with Crippen molar-refractivity contribution in [2.24, 2.45) is 0 Å². The molecule has 5 rings (SSSR count). The number of hydrogen-bond acceptors (Lipinski definition) is 2. The Morgan fingerprint density at radius 3 is 2.38 bits per heavy atom. The van der Waals surface area contributed by atoms with Crippen LogP contribution in [0.25, 0.3) is 21.8 Å². The van der Waals surface area contributed by atoms with Crippen LogP contribution in [0, 0.1) is 0 Å². The van der Waals surface area contributed by atoms with Crippen LogP contribution < -0.4 is 4.74 Å². The molecule has 0 aliphatic rings. The Labute approximate surface area is 197 Å². The summed E-state index contributed by atoms with van der Waals surface area (Å²) < 4.78 is 7.59. The Bertz CT molecular complexity index is 1420. The van der Waals surface area contributed by atoms with Crippen LogP contribution in [-0.4, -0.2) is 16.7 Å². The molecule has 0 saturated heterocycles. The van der Waals surface area contributed by atoms with Gasteiger partial charge < -0.3 is 9.30 Å². The van der Waals surface area contributed by atoms with E-state index in [2.05, 4.69) is 47.9 Å². The second-order valence-electron chi connectivity index (χ2n) is 7.94. The molecule has 1 unspecified atom stereocenters. The molecule has 0 amide bonds. The van der Waals surface area contributed by atoms with Gasteiger partial charge >= 0.3 is 0 Å². The third kappa shape index (κ3) is 3.72. The van der Waals surface area contributed by atoms with E-state index in [-0.39, 0.29) is 5.92 Å². The molecule has 0 radical (unpaired) electrons. The highest BCUT2D eigenvalue weighted by Gasteiger charge is 2.20. The Hall–Kier alpha value is -3.01. The van der Waals surface area contributed by atoms with Crippen LogP contribution in [0.15, 0.2) is 78.9 Å². The van der Waals surface area contributed by atoms with E-state index < -0.39 is 0 Å². The van der Waals surface area contributed by atoms with E-state index in [4.69, 9.17) is 32.9 Å². The van der Waals surface area contributed by atoms with Gasteiger partial charge in [0.25, 0.3) is 0 Å². The zero-order chi connectivity index (χ0) is 22.2. The molecule has 0 aliphatic carbocycles. The molecular weight excluding hydrogens is 439 g/mol. The van der Waals surface area contributed by atoms with E-state index in [1.807, 2.05) is 42.5 Å². The van der Waals surface area contributed by atoms with E-state index in [9.17, 15) is 0 Å². The molecule has 0 aliphatic heterocycles. The van der Waals surface area contributed by atoms with Crippen molar-refractivity contribution in [1.29, 1.82) is 0 Å². The predicted octanol–water partition coefficient (Wildman–Crippen LogP) is 7.71. The van der Waals surface area contributed by atoms with Crippen LogP contribution in [0.5, 0.6) is 5.75 Å². The van der Waals surface area contributed by atoms with Gasteiger partial charge in [0.2, 0.25) is 0 Å². The topological polar surface area (TPSA) is 27.1 Å². The highest BCUT2D eigenvalue weighted by Crippen LogP contribution is 2.33. The number of para-hydroxylation sites is 2. The van der Waals surface area contributed by atoms with Crippen LogP contribution in [0.1, 0.15) is 29.8 Å². The fraction of sp³-hybridized carbons (Fsp3) is 0.148. The maximum atomic E-state index is 6.51. The molecule has 0 saturated carbocycles. The summed E-state index contributed by atoms with van der Waals surface area (Å²) in [5.41, 5.74) is 4.13. The van der Waals surface area contributed by atoms with Crippen molar-refractivity contribution in [2.45, 2.75) is 19.4 Å². The number of hydrogen-bond donors (Lipinski definition) is 0. The standard InChI is InChI=1S/C27H22Cl2N2O/c1-17(18-10-11-20-15-21(32-2)13-12-19(20)14-18)27-30-25-8-3-4-9-26(25)31(27)16-22-23(28)6-5-7-24(22)29/h3-15,17H,16H2,1-2H3. The molecule has 5 heteroatoms. The Kier molecular flexibility index (Phi) is 5.54. The zero-order valence-electron chi connectivity index (χ0n) is 17.8. The molecule has 1 heterocycles. The molecular formula is C27H22Cl2N2O. The fourth-order valence-electron chi connectivity index (χ4n) is 4.22. The first-order valence-corrected chi connectivity index (χ1v) is 11.3. The van der Waals surface area contributed by atoms with Crippen LogP contribution >= 0.6 is 23.2 Å². The summed E-state index contributed by atoms with van der Waals surface area (Å²) in [7, 11) is 1.69. The third-order valence-corrected chi connectivity index (χ3v) is 6.73. The average Bonchev–Trinajstić information content (AvgIpc) is 3.18. The first-order valence-electron chi connectivity index (χ1n) is 10.5. The second kappa shape index (κ2) is 8.50. The SMILES string of the molecule is COc1ccc2cc(C(C)c3nc4ccccc4n3Cc3c(Cl)cccc3Cl)ccc2c1. The first-order chi connectivity index (χ1) is 15.5. The third-order valence-electron chi connectivity index (χ3n) is 6.02. The van der Waals surface area contributed by atoms with Crippen LogP contribution in [0.3, 0.4) is 0 Å². The number of benzene rings is 4. The highest BCUT2D eigenvalue weighted by molar-refractivity contribution is 6.36. The van der Waals surface area contributed by atoms with Crippen molar-refractivity contribution in [2.75, 3.05) is 7.11 Å². The molecule has 0 fully saturated rings. The zero-order valence-corrected chi connectivity index (χ0v) is 19.4. The number of aromatic nitrogens is 2. The molecule has 4 aromatic carbocycles. The van der Waals surface area contributed by atoms with Crippen LogP contribution in [0.4, 0.5) is 0 Å². The lowest BCUT2D eigenvalue weighted by atomic mass is 9.97. The maximum Gasteiger partial charge on any atom is 0.119 e. The predicted molar refractivity (Wildman–Crippen MR) is 133 cm³/mol.